The van der Waals surface area contributed by atoms with Gasteiger partial charge in [-0.1, -0.05) is 66.9 Å². The Balaban J connectivity index is 1.45. The first-order valence-electron chi connectivity index (χ1n) is 10.8. The highest BCUT2D eigenvalue weighted by atomic mass is 32.2. The lowest BCUT2D eigenvalue weighted by molar-refractivity contribution is -0.119. The van der Waals surface area contributed by atoms with E-state index in [9.17, 15) is 4.79 Å². The van der Waals surface area contributed by atoms with E-state index in [-0.39, 0.29) is 5.91 Å². The molecule has 7 heteroatoms. The van der Waals surface area contributed by atoms with Gasteiger partial charge in [-0.2, -0.15) is 0 Å². The molecule has 4 rings (SSSR count). The third kappa shape index (κ3) is 6.14. The number of hydrogen-bond acceptors (Lipinski definition) is 5. The Labute approximate surface area is 192 Å². The van der Waals surface area contributed by atoms with Crippen LogP contribution in [-0.2, 0) is 10.5 Å². The molecule has 3 aromatic rings. The largest absolute Gasteiger partial charge is 0.353 e. The van der Waals surface area contributed by atoms with Gasteiger partial charge < -0.3 is 5.32 Å². The van der Waals surface area contributed by atoms with Crippen molar-refractivity contribution in [3.8, 4) is 5.69 Å². The molecule has 0 spiro atoms. The van der Waals surface area contributed by atoms with E-state index in [0.717, 1.165) is 29.5 Å². The van der Waals surface area contributed by atoms with Gasteiger partial charge in [-0.3, -0.25) is 9.36 Å². The van der Waals surface area contributed by atoms with Crippen molar-refractivity contribution in [2.45, 2.75) is 60.9 Å². The number of para-hydroxylation sites is 1. The lowest BCUT2D eigenvalue weighted by atomic mass is 9.95. The smallest absolute Gasteiger partial charge is 0.230 e. The molecule has 31 heavy (non-hydrogen) atoms. The van der Waals surface area contributed by atoms with E-state index in [0.29, 0.717) is 17.5 Å². The summed E-state index contributed by atoms with van der Waals surface area (Å²) >= 11 is 3.19. The zero-order valence-electron chi connectivity index (χ0n) is 17.8. The maximum absolute atomic E-state index is 12.5. The van der Waals surface area contributed by atoms with Gasteiger partial charge >= 0.3 is 0 Å². The van der Waals surface area contributed by atoms with Gasteiger partial charge in [-0.05, 0) is 44.0 Å². The second-order valence-corrected chi connectivity index (χ2v) is 9.85. The fraction of sp³-hybridized carbons (Fsp3) is 0.375. The maximum atomic E-state index is 12.5. The average Bonchev–Trinajstić information content (AvgIpc) is 3.21. The van der Waals surface area contributed by atoms with Crippen LogP contribution in [0.25, 0.3) is 5.69 Å². The molecule has 0 radical (unpaired) electrons. The van der Waals surface area contributed by atoms with E-state index in [4.69, 9.17) is 0 Å². The van der Waals surface area contributed by atoms with Crippen molar-refractivity contribution in [2.75, 3.05) is 5.75 Å². The molecule has 1 saturated carbocycles. The van der Waals surface area contributed by atoms with E-state index in [1.54, 1.807) is 11.8 Å². The Kier molecular flexibility index (Phi) is 7.70. The molecule has 1 amide bonds. The molecule has 1 N–H and O–H groups in total. The van der Waals surface area contributed by atoms with Crippen LogP contribution >= 0.6 is 23.5 Å². The Bertz CT molecular complexity index is 983. The van der Waals surface area contributed by atoms with Crippen LogP contribution in [0.3, 0.4) is 0 Å². The van der Waals surface area contributed by atoms with Crippen molar-refractivity contribution < 1.29 is 4.79 Å². The highest BCUT2D eigenvalue weighted by Gasteiger charge is 2.19. The summed E-state index contributed by atoms with van der Waals surface area (Å²) in [7, 11) is 0. The molecule has 1 fully saturated rings. The van der Waals surface area contributed by atoms with Crippen molar-refractivity contribution in [1.29, 1.82) is 0 Å². The van der Waals surface area contributed by atoms with Gasteiger partial charge in [0.1, 0.15) is 5.82 Å². The number of aryl methyl sites for hydroxylation is 1. The van der Waals surface area contributed by atoms with E-state index >= 15 is 0 Å². The lowest BCUT2D eigenvalue weighted by Crippen LogP contribution is -2.37. The molecule has 2 aromatic carbocycles. The molecule has 1 aromatic heterocycles. The highest BCUT2D eigenvalue weighted by Crippen LogP contribution is 2.27. The number of amides is 1. The van der Waals surface area contributed by atoms with Crippen molar-refractivity contribution in [1.82, 2.24) is 20.1 Å². The minimum atomic E-state index is 0.0788. The molecular formula is C24H28N4OS2. The molecule has 0 saturated heterocycles. The average molecular weight is 453 g/mol. The number of carbonyl (C=O) groups is 1. The topological polar surface area (TPSA) is 59.8 Å². The molecule has 162 valence electrons. The van der Waals surface area contributed by atoms with Gasteiger partial charge in [0.2, 0.25) is 5.91 Å². The summed E-state index contributed by atoms with van der Waals surface area (Å²) in [6.45, 7) is 2.09. The minimum Gasteiger partial charge on any atom is -0.353 e. The third-order valence-corrected chi connectivity index (χ3v) is 7.34. The molecule has 0 aliphatic heterocycles. The van der Waals surface area contributed by atoms with Gasteiger partial charge in [-0.25, -0.2) is 0 Å². The summed E-state index contributed by atoms with van der Waals surface area (Å²) in [5.74, 6) is 2.02. The first-order chi connectivity index (χ1) is 15.2. The Morgan fingerprint density at radius 1 is 1.00 bits per heavy atom. The second kappa shape index (κ2) is 10.9. The van der Waals surface area contributed by atoms with Crippen molar-refractivity contribution in [3.05, 3.63) is 66.0 Å². The maximum Gasteiger partial charge on any atom is 0.230 e. The summed E-state index contributed by atoms with van der Waals surface area (Å²) in [6.07, 6.45) is 5.89. The van der Waals surface area contributed by atoms with Crippen LogP contribution in [0.2, 0.25) is 0 Å². The Hall–Kier alpha value is -2.25. The zero-order chi connectivity index (χ0) is 21.5. The molecule has 5 nitrogen and oxygen atoms in total. The summed E-state index contributed by atoms with van der Waals surface area (Å²) < 4.78 is 2.07. The second-order valence-electron chi connectivity index (χ2n) is 7.86. The first-order valence-corrected chi connectivity index (χ1v) is 12.8. The SMILES string of the molecule is Cc1ccc(SCc2nnc(SCC(=O)NC3CCCCC3)n2-c2ccccc2)cc1. The lowest BCUT2D eigenvalue weighted by Gasteiger charge is -2.22. The van der Waals surface area contributed by atoms with Crippen LogP contribution in [0.4, 0.5) is 0 Å². The number of benzene rings is 2. The summed E-state index contributed by atoms with van der Waals surface area (Å²) in [5, 5.41) is 12.8. The van der Waals surface area contributed by atoms with Gasteiger partial charge in [0, 0.05) is 16.6 Å². The van der Waals surface area contributed by atoms with Crippen molar-refractivity contribution >= 4 is 29.4 Å². The fourth-order valence-corrected chi connectivity index (χ4v) is 5.35. The Morgan fingerprint density at radius 2 is 1.74 bits per heavy atom. The number of carbonyl (C=O) groups excluding carboxylic acids is 1. The number of nitrogens with zero attached hydrogens (tertiary/aromatic N) is 3. The monoisotopic (exact) mass is 452 g/mol. The van der Waals surface area contributed by atoms with E-state index in [2.05, 4.69) is 63.4 Å². The number of rotatable bonds is 8. The molecule has 1 aliphatic carbocycles. The van der Waals surface area contributed by atoms with Crippen LogP contribution in [0.15, 0.2) is 64.6 Å². The molecular weight excluding hydrogens is 424 g/mol. The number of thioether (sulfide) groups is 2. The van der Waals surface area contributed by atoms with Gasteiger partial charge in [-0.15, -0.1) is 22.0 Å². The zero-order valence-corrected chi connectivity index (χ0v) is 19.4. The highest BCUT2D eigenvalue weighted by molar-refractivity contribution is 7.99. The summed E-state index contributed by atoms with van der Waals surface area (Å²) in [5.41, 5.74) is 2.27. The summed E-state index contributed by atoms with van der Waals surface area (Å²) in [4.78, 5) is 13.7. The Morgan fingerprint density at radius 3 is 2.48 bits per heavy atom. The quantitative estimate of drug-likeness (QED) is 0.463. The normalized spacial score (nSPS) is 14.5. The molecule has 0 unspecified atom stereocenters. The van der Waals surface area contributed by atoms with Crippen LogP contribution in [0.1, 0.15) is 43.5 Å². The van der Waals surface area contributed by atoms with Gasteiger partial charge in [0.25, 0.3) is 0 Å². The number of hydrogen-bond donors (Lipinski definition) is 1. The van der Waals surface area contributed by atoms with Crippen LogP contribution in [0, 0.1) is 6.92 Å². The van der Waals surface area contributed by atoms with E-state index in [1.807, 2.05) is 18.2 Å². The molecule has 1 aliphatic rings. The molecule has 1 heterocycles. The van der Waals surface area contributed by atoms with Crippen LogP contribution < -0.4 is 5.32 Å². The van der Waals surface area contributed by atoms with Gasteiger partial charge in [0.05, 0.1) is 11.5 Å². The molecule has 0 atom stereocenters. The number of nitrogens with one attached hydrogen (secondary N) is 1. The van der Waals surface area contributed by atoms with Gasteiger partial charge in [0.15, 0.2) is 5.16 Å². The van der Waals surface area contributed by atoms with Crippen molar-refractivity contribution in [2.24, 2.45) is 0 Å². The minimum absolute atomic E-state index is 0.0788. The van der Waals surface area contributed by atoms with Crippen LogP contribution in [0.5, 0.6) is 0 Å². The summed E-state index contributed by atoms with van der Waals surface area (Å²) in [6, 6.07) is 19.0. The number of aromatic nitrogens is 3. The predicted molar refractivity (Wildman–Crippen MR) is 128 cm³/mol. The standard InChI is InChI=1S/C24H28N4OS2/c1-18-12-14-21(15-13-18)30-16-22-26-27-24(28(22)20-10-6-3-7-11-20)31-17-23(29)25-19-8-4-2-5-9-19/h3,6-7,10-15,19H,2,4-5,8-9,16-17H2,1H3,(H,25,29). The van der Waals surface area contributed by atoms with Crippen LogP contribution in [-0.4, -0.2) is 32.5 Å². The van der Waals surface area contributed by atoms with E-state index < -0.39 is 0 Å². The first kappa shape index (κ1) is 22.0. The van der Waals surface area contributed by atoms with E-state index in [1.165, 1.54) is 41.5 Å². The molecule has 0 bridgehead atoms. The third-order valence-electron chi connectivity index (χ3n) is 5.41. The predicted octanol–water partition coefficient (Wildman–Crippen LogP) is 5.41. The van der Waals surface area contributed by atoms with Crippen molar-refractivity contribution in [3.63, 3.8) is 0 Å². The fourth-order valence-electron chi connectivity index (χ4n) is 3.75.